The maximum Gasteiger partial charge on any atom is 0.340 e. The summed E-state index contributed by atoms with van der Waals surface area (Å²) in [4.78, 5) is 12.5. The van der Waals surface area contributed by atoms with E-state index in [0.717, 1.165) is 36.9 Å². The minimum atomic E-state index is -0.294. The van der Waals surface area contributed by atoms with E-state index in [1.807, 2.05) is 54.6 Å². The SMILES string of the molecule is COC1CCC(Nc2ccccc2C(=O)OCc2ccccc2)CC1. The Morgan fingerprint density at radius 3 is 2.40 bits per heavy atom. The van der Waals surface area contributed by atoms with Gasteiger partial charge < -0.3 is 14.8 Å². The first-order valence-corrected chi connectivity index (χ1v) is 8.85. The third-order valence-electron chi connectivity index (χ3n) is 4.73. The fourth-order valence-corrected chi connectivity index (χ4v) is 3.25. The molecule has 1 fully saturated rings. The van der Waals surface area contributed by atoms with E-state index in [2.05, 4.69) is 5.32 Å². The summed E-state index contributed by atoms with van der Waals surface area (Å²) < 4.78 is 10.9. The Balaban J connectivity index is 1.61. The zero-order valence-corrected chi connectivity index (χ0v) is 14.6. The van der Waals surface area contributed by atoms with E-state index in [0.29, 0.717) is 17.7 Å². The van der Waals surface area contributed by atoms with Gasteiger partial charge >= 0.3 is 5.97 Å². The topological polar surface area (TPSA) is 47.6 Å². The van der Waals surface area contributed by atoms with Crippen molar-refractivity contribution < 1.29 is 14.3 Å². The van der Waals surface area contributed by atoms with Crippen LogP contribution in [-0.4, -0.2) is 25.2 Å². The molecular weight excluding hydrogens is 314 g/mol. The number of benzene rings is 2. The van der Waals surface area contributed by atoms with Gasteiger partial charge in [0, 0.05) is 18.8 Å². The number of hydrogen-bond donors (Lipinski definition) is 1. The van der Waals surface area contributed by atoms with Crippen LogP contribution in [0.3, 0.4) is 0 Å². The molecule has 1 saturated carbocycles. The second kappa shape index (κ2) is 8.67. The van der Waals surface area contributed by atoms with Crippen LogP contribution in [-0.2, 0) is 16.1 Å². The zero-order valence-electron chi connectivity index (χ0n) is 14.6. The van der Waals surface area contributed by atoms with E-state index in [-0.39, 0.29) is 12.6 Å². The van der Waals surface area contributed by atoms with E-state index < -0.39 is 0 Å². The van der Waals surface area contributed by atoms with Gasteiger partial charge in [-0.15, -0.1) is 0 Å². The summed E-state index contributed by atoms with van der Waals surface area (Å²) >= 11 is 0. The maximum absolute atomic E-state index is 12.5. The molecule has 25 heavy (non-hydrogen) atoms. The van der Waals surface area contributed by atoms with Crippen molar-refractivity contribution in [1.29, 1.82) is 0 Å². The number of hydrogen-bond acceptors (Lipinski definition) is 4. The molecule has 3 rings (SSSR count). The summed E-state index contributed by atoms with van der Waals surface area (Å²) in [5, 5.41) is 3.52. The van der Waals surface area contributed by atoms with Crippen molar-refractivity contribution in [2.75, 3.05) is 12.4 Å². The van der Waals surface area contributed by atoms with Crippen molar-refractivity contribution in [1.82, 2.24) is 0 Å². The fraction of sp³-hybridized carbons (Fsp3) is 0.381. The summed E-state index contributed by atoms with van der Waals surface area (Å²) in [6, 6.07) is 17.7. The molecule has 0 bridgehead atoms. The number of methoxy groups -OCH3 is 1. The third kappa shape index (κ3) is 4.83. The van der Waals surface area contributed by atoms with Crippen molar-refractivity contribution in [3.05, 3.63) is 65.7 Å². The lowest BCUT2D eigenvalue weighted by atomic mass is 9.92. The molecule has 0 aliphatic heterocycles. The van der Waals surface area contributed by atoms with Crippen LogP contribution in [0.5, 0.6) is 0 Å². The molecule has 0 aromatic heterocycles. The van der Waals surface area contributed by atoms with Crippen LogP contribution in [0.15, 0.2) is 54.6 Å². The van der Waals surface area contributed by atoms with Crippen LogP contribution in [0.4, 0.5) is 5.69 Å². The normalized spacial score (nSPS) is 20.0. The second-order valence-electron chi connectivity index (χ2n) is 6.46. The highest BCUT2D eigenvalue weighted by molar-refractivity contribution is 5.95. The van der Waals surface area contributed by atoms with Gasteiger partial charge in [0.05, 0.1) is 11.7 Å². The first-order chi connectivity index (χ1) is 12.3. The van der Waals surface area contributed by atoms with Gasteiger partial charge in [0.25, 0.3) is 0 Å². The van der Waals surface area contributed by atoms with E-state index in [9.17, 15) is 4.79 Å². The van der Waals surface area contributed by atoms with Gasteiger partial charge in [-0.1, -0.05) is 42.5 Å². The highest BCUT2D eigenvalue weighted by atomic mass is 16.5. The van der Waals surface area contributed by atoms with Crippen molar-refractivity contribution >= 4 is 11.7 Å². The maximum atomic E-state index is 12.5. The van der Waals surface area contributed by atoms with Crippen LogP contribution in [0.1, 0.15) is 41.6 Å². The quantitative estimate of drug-likeness (QED) is 0.792. The Morgan fingerprint density at radius 1 is 1.00 bits per heavy atom. The Hall–Kier alpha value is -2.33. The fourth-order valence-electron chi connectivity index (χ4n) is 3.25. The number of para-hydroxylation sites is 1. The van der Waals surface area contributed by atoms with Crippen LogP contribution in [0.25, 0.3) is 0 Å². The molecule has 0 heterocycles. The standard InChI is InChI=1S/C21H25NO3/c1-24-18-13-11-17(12-14-18)22-20-10-6-5-9-19(20)21(23)25-15-16-7-3-2-4-8-16/h2-10,17-18,22H,11-15H2,1H3. The van der Waals surface area contributed by atoms with Crippen molar-refractivity contribution in [3.8, 4) is 0 Å². The summed E-state index contributed by atoms with van der Waals surface area (Å²) in [5.74, 6) is -0.294. The number of nitrogens with one attached hydrogen (secondary N) is 1. The summed E-state index contributed by atoms with van der Waals surface area (Å²) in [7, 11) is 1.77. The van der Waals surface area contributed by atoms with Crippen LogP contribution >= 0.6 is 0 Å². The Bertz CT molecular complexity index is 679. The van der Waals surface area contributed by atoms with E-state index in [1.165, 1.54) is 0 Å². The number of carbonyl (C=O) groups excluding carboxylic acids is 1. The van der Waals surface area contributed by atoms with Crippen molar-refractivity contribution in [2.45, 2.75) is 44.4 Å². The molecule has 0 saturated heterocycles. The molecule has 0 amide bonds. The molecule has 4 heteroatoms. The van der Waals surface area contributed by atoms with Crippen LogP contribution in [0.2, 0.25) is 0 Å². The first-order valence-electron chi connectivity index (χ1n) is 8.85. The van der Waals surface area contributed by atoms with Gasteiger partial charge in [-0.05, 0) is 43.4 Å². The van der Waals surface area contributed by atoms with Crippen LogP contribution < -0.4 is 5.32 Å². The average Bonchev–Trinajstić information content (AvgIpc) is 2.68. The Morgan fingerprint density at radius 2 is 1.68 bits per heavy atom. The van der Waals surface area contributed by atoms with Crippen LogP contribution in [0, 0.1) is 0 Å². The lowest BCUT2D eigenvalue weighted by molar-refractivity contribution is 0.0473. The lowest BCUT2D eigenvalue weighted by Gasteiger charge is -2.29. The van der Waals surface area contributed by atoms with Gasteiger partial charge in [0.15, 0.2) is 0 Å². The molecule has 2 aromatic carbocycles. The summed E-state index contributed by atoms with van der Waals surface area (Å²) in [5.41, 5.74) is 2.42. The van der Waals surface area contributed by atoms with E-state index in [4.69, 9.17) is 9.47 Å². The number of esters is 1. The van der Waals surface area contributed by atoms with Gasteiger partial charge in [-0.3, -0.25) is 0 Å². The minimum Gasteiger partial charge on any atom is -0.457 e. The predicted molar refractivity (Wildman–Crippen MR) is 98.7 cm³/mol. The molecule has 2 aromatic rings. The van der Waals surface area contributed by atoms with E-state index >= 15 is 0 Å². The molecule has 0 unspecified atom stereocenters. The van der Waals surface area contributed by atoms with Crippen molar-refractivity contribution in [2.24, 2.45) is 0 Å². The van der Waals surface area contributed by atoms with Gasteiger partial charge in [0.1, 0.15) is 6.61 Å². The number of ether oxygens (including phenoxy) is 2. The largest absolute Gasteiger partial charge is 0.457 e. The third-order valence-corrected chi connectivity index (χ3v) is 4.73. The lowest BCUT2D eigenvalue weighted by Crippen LogP contribution is -2.29. The monoisotopic (exact) mass is 339 g/mol. The first kappa shape index (κ1) is 17.5. The average molecular weight is 339 g/mol. The van der Waals surface area contributed by atoms with Gasteiger partial charge in [-0.2, -0.15) is 0 Å². The van der Waals surface area contributed by atoms with Gasteiger partial charge in [0.2, 0.25) is 0 Å². The Kier molecular flexibility index (Phi) is 6.07. The molecule has 1 aliphatic rings. The van der Waals surface area contributed by atoms with E-state index in [1.54, 1.807) is 7.11 Å². The number of anilines is 1. The van der Waals surface area contributed by atoms with Crippen molar-refractivity contribution in [3.63, 3.8) is 0 Å². The van der Waals surface area contributed by atoms with Gasteiger partial charge in [-0.25, -0.2) is 4.79 Å². The smallest absolute Gasteiger partial charge is 0.340 e. The molecule has 1 N–H and O–H groups in total. The molecule has 0 radical (unpaired) electrons. The molecule has 1 aliphatic carbocycles. The predicted octanol–water partition coefficient (Wildman–Crippen LogP) is 4.41. The number of rotatable bonds is 6. The highest BCUT2D eigenvalue weighted by Crippen LogP contribution is 2.26. The molecule has 0 spiro atoms. The Labute approximate surface area is 149 Å². The second-order valence-corrected chi connectivity index (χ2v) is 6.46. The molecule has 4 nitrogen and oxygen atoms in total. The number of carbonyl (C=O) groups is 1. The zero-order chi connectivity index (χ0) is 17.5. The molecular formula is C21H25NO3. The highest BCUT2D eigenvalue weighted by Gasteiger charge is 2.22. The summed E-state index contributed by atoms with van der Waals surface area (Å²) in [6.07, 6.45) is 4.56. The minimum absolute atomic E-state index is 0.285. The summed E-state index contributed by atoms with van der Waals surface area (Å²) in [6.45, 7) is 0.285. The molecule has 132 valence electrons. The molecule has 0 atom stereocenters.